The van der Waals surface area contributed by atoms with Crippen LogP contribution in [0.5, 0.6) is 0 Å². The molecule has 0 spiro atoms. The van der Waals surface area contributed by atoms with E-state index in [4.69, 9.17) is 0 Å². The lowest BCUT2D eigenvalue weighted by Gasteiger charge is -2.38. The van der Waals surface area contributed by atoms with Crippen LogP contribution < -0.4 is 4.90 Å². The van der Waals surface area contributed by atoms with E-state index in [-0.39, 0.29) is 11.8 Å². The summed E-state index contributed by atoms with van der Waals surface area (Å²) in [7, 11) is 0. The largest absolute Gasteiger partial charge is 0.416 e. The maximum Gasteiger partial charge on any atom is 0.416 e. The van der Waals surface area contributed by atoms with Gasteiger partial charge in [0.2, 0.25) is 5.91 Å². The molecule has 2 aliphatic heterocycles. The van der Waals surface area contributed by atoms with E-state index in [1.54, 1.807) is 11.0 Å². The first-order chi connectivity index (χ1) is 15.2. The van der Waals surface area contributed by atoms with Crippen molar-refractivity contribution in [3.63, 3.8) is 0 Å². The summed E-state index contributed by atoms with van der Waals surface area (Å²) in [6.45, 7) is 1.52. The Morgan fingerprint density at radius 1 is 0.969 bits per heavy atom. The van der Waals surface area contributed by atoms with Gasteiger partial charge >= 0.3 is 6.18 Å². The van der Waals surface area contributed by atoms with E-state index in [9.17, 15) is 27.2 Å². The van der Waals surface area contributed by atoms with Crippen LogP contribution in [0.2, 0.25) is 0 Å². The number of nitrogens with zero attached hydrogens (tertiary/aromatic N) is 3. The molecular formula is C22H21F4N3O2S. The van der Waals surface area contributed by atoms with Crippen molar-refractivity contribution in [2.45, 2.75) is 12.2 Å². The van der Waals surface area contributed by atoms with Crippen molar-refractivity contribution in [2.75, 3.05) is 42.7 Å². The predicted octanol–water partition coefficient (Wildman–Crippen LogP) is 3.71. The third kappa shape index (κ3) is 4.69. The Bertz CT molecular complexity index is 991. The SMILES string of the molecule is O=C(C1CSCN1C(=O)c1ccc(F)cc1)N1CCN(c2cccc(C(F)(F)F)c2)CC1. The van der Waals surface area contributed by atoms with Crippen molar-refractivity contribution in [2.24, 2.45) is 0 Å². The molecular weight excluding hydrogens is 446 g/mol. The number of halogens is 4. The molecule has 1 unspecified atom stereocenters. The van der Waals surface area contributed by atoms with Crippen LogP contribution in [-0.4, -0.2) is 65.5 Å². The lowest BCUT2D eigenvalue weighted by atomic mass is 10.1. The average Bonchev–Trinajstić information content (AvgIpc) is 3.28. The van der Waals surface area contributed by atoms with Crippen molar-refractivity contribution >= 4 is 29.3 Å². The molecule has 2 aromatic carbocycles. The Kier molecular flexibility index (Phi) is 6.32. The summed E-state index contributed by atoms with van der Waals surface area (Å²) in [4.78, 5) is 30.9. The first-order valence-corrected chi connectivity index (χ1v) is 11.2. The van der Waals surface area contributed by atoms with E-state index in [0.717, 1.165) is 12.1 Å². The summed E-state index contributed by atoms with van der Waals surface area (Å²) in [5.74, 6) is -0.0927. The second kappa shape index (κ2) is 9.01. The third-order valence-electron chi connectivity index (χ3n) is 5.65. The van der Waals surface area contributed by atoms with Crippen LogP contribution in [0.3, 0.4) is 0 Å². The smallest absolute Gasteiger partial charge is 0.368 e. The molecule has 5 nitrogen and oxygen atoms in total. The molecule has 4 rings (SSSR count). The summed E-state index contributed by atoms with van der Waals surface area (Å²) in [6.07, 6.45) is -4.41. The van der Waals surface area contributed by atoms with Crippen LogP contribution in [-0.2, 0) is 11.0 Å². The maximum absolute atomic E-state index is 13.2. The number of thioether (sulfide) groups is 1. The van der Waals surface area contributed by atoms with E-state index in [1.165, 1.54) is 47.0 Å². The van der Waals surface area contributed by atoms with Gasteiger partial charge in [-0.3, -0.25) is 9.59 Å². The van der Waals surface area contributed by atoms with Gasteiger partial charge in [-0.1, -0.05) is 6.07 Å². The number of benzene rings is 2. The number of anilines is 1. The Morgan fingerprint density at radius 3 is 2.31 bits per heavy atom. The summed E-state index contributed by atoms with van der Waals surface area (Å²) in [5.41, 5.74) is 0.0870. The average molecular weight is 467 g/mol. The molecule has 2 aromatic rings. The Morgan fingerprint density at radius 2 is 1.66 bits per heavy atom. The van der Waals surface area contributed by atoms with Gasteiger partial charge < -0.3 is 14.7 Å². The third-order valence-corrected chi connectivity index (χ3v) is 6.66. The summed E-state index contributed by atoms with van der Waals surface area (Å²) < 4.78 is 52.1. The molecule has 0 saturated carbocycles. The highest BCUT2D eigenvalue weighted by Gasteiger charge is 2.38. The van der Waals surface area contributed by atoms with E-state index in [1.807, 2.05) is 4.90 Å². The van der Waals surface area contributed by atoms with Gasteiger partial charge in [0, 0.05) is 43.2 Å². The molecule has 0 aliphatic carbocycles. The number of hydrogen-bond acceptors (Lipinski definition) is 4. The number of alkyl halides is 3. The molecule has 2 aliphatic rings. The van der Waals surface area contributed by atoms with E-state index >= 15 is 0 Å². The van der Waals surface area contributed by atoms with Crippen molar-refractivity contribution in [1.82, 2.24) is 9.80 Å². The fourth-order valence-corrected chi connectivity index (χ4v) is 5.03. The molecule has 2 heterocycles. The summed E-state index contributed by atoms with van der Waals surface area (Å²) in [5, 5.41) is 0. The minimum atomic E-state index is -4.41. The lowest BCUT2D eigenvalue weighted by molar-refractivity contribution is -0.137. The zero-order valence-electron chi connectivity index (χ0n) is 17.0. The Balaban J connectivity index is 1.40. The molecule has 10 heteroatoms. The topological polar surface area (TPSA) is 43.9 Å². The molecule has 0 N–H and O–H groups in total. The molecule has 0 radical (unpaired) electrons. The highest BCUT2D eigenvalue weighted by Crippen LogP contribution is 2.32. The highest BCUT2D eigenvalue weighted by molar-refractivity contribution is 7.99. The molecule has 2 fully saturated rings. The fourth-order valence-electron chi connectivity index (χ4n) is 3.88. The minimum Gasteiger partial charge on any atom is -0.368 e. The molecule has 0 bridgehead atoms. The molecule has 2 saturated heterocycles. The first-order valence-electron chi connectivity index (χ1n) is 10.1. The monoisotopic (exact) mass is 467 g/mol. The van der Waals surface area contributed by atoms with Crippen LogP contribution in [0.1, 0.15) is 15.9 Å². The Hall–Kier alpha value is -2.75. The highest BCUT2D eigenvalue weighted by atomic mass is 32.2. The summed E-state index contributed by atoms with van der Waals surface area (Å²) >= 11 is 1.48. The summed E-state index contributed by atoms with van der Waals surface area (Å²) in [6, 6.07) is 9.76. The zero-order valence-corrected chi connectivity index (χ0v) is 17.8. The number of hydrogen-bond donors (Lipinski definition) is 0. The molecule has 0 aromatic heterocycles. The van der Waals surface area contributed by atoms with Crippen molar-refractivity contribution in [1.29, 1.82) is 0 Å². The lowest BCUT2D eigenvalue weighted by Crippen LogP contribution is -2.55. The standard InChI is InChI=1S/C22H21F4N3O2S/c23-17-6-4-15(5-7-17)20(30)29-14-32-13-19(29)21(31)28-10-8-27(9-11-28)18-3-1-2-16(12-18)22(24,25)26/h1-7,12,19H,8-11,13-14H2. The molecule has 170 valence electrons. The van der Waals surface area contributed by atoms with Crippen LogP contribution in [0.4, 0.5) is 23.2 Å². The van der Waals surface area contributed by atoms with Crippen LogP contribution >= 0.6 is 11.8 Å². The quantitative estimate of drug-likeness (QED) is 0.646. The van der Waals surface area contributed by atoms with Gasteiger partial charge in [-0.05, 0) is 42.5 Å². The van der Waals surface area contributed by atoms with Crippen molar-refractivity contribution in [3.05, 3.63) is 65.5 Å². The fraction of sp³-hybridized carbons (Fsp3) is 0.364. The normalized spacial score (nSPS) is 19.4. The molecule has 2 amide bonds. The van der Waals surface area contributed by atoms with Gasteiger partial charge in [0.1, 0.15) is 11.9 Å². The van der Waals surface area contributed by atoms with Crippen LogP contribution in [0.15, 0.2) is 48.5 Å². The van der Waals surface area contributed by atoms with Crippen molar-refractivity contribution in [3.8, 4) is 0 Å². The second-order valence-electron chi connectivity index (χ2n) is 7.66. The van der Waals surface area contributed by atoms with Crippen LogP contribution in [0.25, 0.3) is 0 Å². The predicted molar refractivity (Wildman–Crippen MR) is 114 cm³/mol. The van der Waals surface area contributed by atoms with Gasteiger partial charge in [0.05, 0.1) is 11.4 Å². The molecule has 32 heavy (non-hydrogen) atoms. The number of carbonyl (C=O) groups is 2. The Labute approximate surface area is 187 Å². The maximum atomic E-state index is 13.2. The number of piperazine rings is 1. The van der Waals surface area contributed by atoms with Crippen LogP contribution in [0, 0.1) is 5.82 Å². The number of rotatable bonds is 3. The second-order valence-corrected chi connectivity index (χ2v) is 8.66. The van der Waals surface area contributed by atoms with Crippen molar-refractivity contribution < 1.29 is 27.2 Å². The number of amides is 2. The van der Waals surface area contributed by atoms with Gasteiger partial charge in [-0.15, -0.1) is 11.8 Å². The minimum absolute atomic E-state index is 0.172. The van der Waals surface area contributed by atoms with E-state index in [2.05, 4.69) is 0 Å². The van der Waals surface area contributed by atoms with E-state index in [0.29, 0.717) is 49.1 Å². The number of carbonyl (C=O) groups excluding carboxylic acids is 2. The van der Waals surface area contributed by atoms with Gasteiger partial charge in [-0.2, -0.15) is 13.2 Å². The van der Waals surface area contributed by atoms with Gasteiger partial charge in [-0.25, -0.2) is 4.39 Å². The molecule has 1 atom stereocenters. The van der Waals surface area contributed by atoms with Gasteiger partial charge in [0.15, 0.2) is 0 Å². The first kappa shape index (κ1) is 22.4. The van der Waals surface area contributed by atoms with E-state index < -0.39 is 23.6 Å². The van der Waals surface area contributed by atoms with Gasteiger partial charge in [0.25, 0.3) is 5.91 Å². The zero-order chi connectivity index (χ0) is 22.9.